The summed E-state index contributed by atoms with van der Waals surface area (Å²) in [4.78, 5) is 16.7. The summed E-state index contributed by atoms with van der Waals surface area (Å²) in [6.07, 6.45) is 11.5. The first-order chi connectivity index (χ1) is 14.0. The molecule has 2 saturated heterocycles. The first-order valence-electron chi connectivity index (χ1n) is 10.2. The highest BCUT2D eigenvalue weighted by Crippen LogP contribution is 2.33. The summed E-state index contributed by atoms with van der Waals surface area (Å²) in [5.74, 6) is 0.0127. The van der Waals surface area contributed by atoms with Crippen LogP contribution in [0.5, 0.6) is 0 Å². The highest BCUT2D eigenvalue weighted by Gasteiger charge is 2.44. The number of allylic oxidation sites excluding steroid dienone is 4. The van der Waals surface area contributed by atoms with Crippen LogP contribution in [-0.2, 0) is 16.0 Å². The average Bonchev–Trinajstić information content (AvgIpc) is 2.74. The maximum atomic E-state index is 12.5. The SMILES string of the molecule is C=C/C=C\C=C\N1CC2(CCN(CCc3cccc(C#N)c3)CC2)OC(C)C1=O.Cl. The molecule has 6 heteroatoms. The second kappa shape index (κ2) is 11.1. The van der Waals surface area contributed by atoms with E-state index in [1.54, 1.807) is 11.0 Å². The maximum Gasteiger partial charge on any atom is 0.255 e. The van der Waals surface area contributed by atoms with Crippen LogP contribution in [0.2, 0.25) is 0 Å². The van der Waals surface area contributed by atoms with Gasteiger partial charge in [-0.15, -0.1) is 12.4 Å². The molecule has 0 aromatic heterocycles. The Morgan fingerprint density at radius 3 is 2.77 bits per heavy atom. The van der Waals surface area contributed by atoms with Crippen LogP contribution in [0.3, 0.4) is 0 Å². The van der Waals surface area contributed by atoms with E-state index < -0.39 is 6.10 Å². The van der Waals surface area contributed by atoms with Crippen LogP contribution >= 0.6 is 12.4 Å². The first-order valence-corrected chi connectivity index (χ1v) is 10.2. The van der Waals surface area contributed by atoms with Gasteiger partial charge in [-0.3, -0.25) is 4.79 Å². The second-order valence-electron chi connectivity index (χ2n) is 7.78. The lowest BCUT2D eigenvalue weighted by Crippen LogP contribution is -2.60. The molecule has 2 heterocycles. The predicted molar refractivity (Wildman–Crippen MR) is 121 cm³/mol. The maximum absolute atomic E-state index is 12.5. The van der Waals surface area contributed by atoms with Gasteiger partial charge in [-0.1, -0.05) is 36.9 Å². The largest absolute Gasteiger partial charge is 0.360 e. The molecular formula is C24H30ClN3O2. The number of carbonyl (C=O) groups excluding carboxylic acids is 1. The van der Waals surface area contributed by atoms with Crippen LogP contribution in [0.25, 0.3) is 0 Å². The van der Waals surface area contributed by atoms with Crippen molar-refractivity contribution in [1.29, 1.82) is 5.26 Å². The van der Waals surface area contributed by atoms with Crippen molar-refractivity contribution in [3.63, 3.8) is 0 Å². The molecule has 160 valence electrons. The Labute approximate surface area is 185 Å². The number of likely N-dealkylation sites (tertiary alicyclic amines) is 1. The summed E-state index contributed by atoms with van der Waals surface area (Å²) < 4.78 is 6.20. The Balaban J connectivity index is 0.00000320. The number of nitriles is 1. The van der Waals surface area contributed by atoms with Crippen molar-refractivity contribution in [2.45, 2.75) is 37.9 Å². The summed E-state index contributed by atoms with van der Waals surface area (Å²) in [6, 6.07) is 10.0. The summed E-state index contributed by atoms with van der Waals surface area (Å²) in [7, 11) is 0. The van der Waals surface area contributed by atoms with Gasteiger partial charge in [0.15, 0.2) is 0 Å². The zero-order chi connectivity index (χ0) is 20.7. The summed E-state index contributed by atoms with van der Waals surface area (Å²) in [5, 5.41) is 9.05. The minimum atomic E-state index is -0.419. The Morgan fingerprint density at radius 2 is 2.07 bits per heavy atom. The van der Waals surface area contributed by atoms with Crippen LogP contribution < -0.4 is 0 Å². The Bertz CT molecular complexity index is 835. The third-order valence-electron chi connectivity index (χ3n) is 5.68. The van der Waals surface area contributed by atoms with E-state index in [1.807, 2.05) is 49.6 Å². The van der Waals surface area contributed by atoms with Gasteiger partial charge in [0.25, 0.3) is 5.91 Å². The number of piperidine rings is 1. The zero-order valence-electron chi connectivity index (χ0n) is 17.5. The van der Waals surface area contributed by atoms with Crippen molar-refractivity contribution in [3.8, 4) is 6.07 Å². The van der Waals surface area contributed by atoms with Crippen LogP contribution in [0, 0.1) is 11.3 Å². The number of hydrogen-bond donors (Lipinski definition) is 0. The smallest absolute Gasteiger partial charge is 0.255 e. The molecule has 2 aliphatic heterocycles. The number of carbonyl (C=O) groups is 1. The summed E-state index contributed by atoms with van der Waals surface area (Å²) >= 11 is 0. The van der Waals surface area contributed by atoms with Crippen molar-refractivity contribution in [2.24, 2.45) is 0 Å². The molecule has 5 nitrogen and oxygen atoms in total. The molecule has 0 radical (unpaired) electrons. The molecule has 1 amide bonds. The van der Waals surface area contributed by atoms with Crippen molar-refractivity contribution < 1.29 is 9.53 Å². The first kappa shape index (κ1) is 23.9. The van der Waals surface area contributed by atoms with Gasteiger partial charge in [-0.25, -0.2) is 0 Å². The van der Waals surface area contributed by atoms with E-state index in [4.69, 9.17) is 10.00 Å². The lowest BCUT2D eigenvalue weighted by molar-refractivity contribution is -0.184. The lowest BCUT2D eigenvalue weighted by atomic mass is 9.88. The summed E-state index contributed by atoms with van der Waals surface area (Å²) in [6.45, 7) is 8.97. The van der Waals surface area contributed by atoms with E-state index in [2.05, 4.69) is 23.6 Å². The molecule has 1 aromatic rings. The molecule has 30 heavy (non-hydrogen) atoms. The predicted octanol–water partition coefficient (Wildman–Crippen LogP) is 3.86. The van der Waals surface area contributed by atoms with Gasteiger partial charge in [-0.2, -0.15) is 5.26 Å². The molecule has 1 atom stereocenters. The molecule has 1 aromatic carbocycles. The highest BCUT2D eigenvalue weighted by molar-refractivity contribution is 5.85. The molecule has 3 rings (SSSR count). The van der Waals surface area contributed by atoms with Gasteiger partial charge in [0, 0.05) is 25.8 Å². The number of benzene rings is 1. The minimum absolute atomic E-state index is 0. The van der Waals surface area contributed by atoms with Crippen LogP contribution in [0.4, 0.5) is 0 Å². The molecule has 1 spiro atoms. The van der Waals surface area contributed by atoms with E-state index in [9.17, 15) is 4.79 Å². The van der Waals surface area contributed by atoms with Gasteiger partial charge in [-0.05, 0) is 50.0 Å². The van der Waals surface area contributed by atoms with Gasteiger partial charge in [0.2, 0.25) is 0 Å². The van der Waals surface area contributed by atoms with Gasteiger partial charge < -0.3 is 14.5 Å². The van der Waals surface area contributed by atoms with Crippen molar-refractivity contribution >= 4 is 18.3 Å². The number of morpholine rings is 1. The molecule has 2 aliphatic rings. The second-order valence-corrected chi connectivity index (χ2v) is 7.78. The van der Waals surface area contributed by atoms with E-state index in [1.165, 1.54) is 5.56 Å². The molecule has 2 fully saturated rings. The van der Waals surface area contributed by atoms with Gasteiger partial charge in [0.1, 0.15) is 6.10 Å². The summed E-state index contributed by atoms with van der Waals surface area (Å²) in [5.41, 5.74) is 1.64. The third kappa shape index (κ3) is 6.06. The molecular weight excluding hydrogens is 398 g/mol. The van der Waals surface area contributed by atoms with E-state index in [0.29, 0.717) is 12.1 Å². The van der Waals surface area contributed by atoms with Crippen LogP contribution in [0.15, 0.2) is 61.3 Å². The van der Waals surface area contributed by atoms with Gasteiger partial charge in [0.05, 0.1) is 23.8 Å². The topological polar surface area (TPSA) is 56.6 Å². The van der Waals surface area contributed by atoms with E-state index in [-0.39, 0.29) is 23.9 Å². The number of halogens is 1. The number of amides is 1. The van der Waals surface area contributed by atoms with Gasteiger partial charge >= 0.3 is 0 Å². The minimum Gasteiger partial charge on any atom is -0.360 e. The molecule has 0 N–H and O–H groups in total. The van der Waals surface area contributed by atoms with Crippen molar-refractivity contribution in [3.05, 3.63) is 72.5 Å². The zero-order valence-corrected chi connectivity index (χ0v) is 18.3. The standard InChI is InChI=1S/C24H29N3O2.ClH/c1-3-4-5-6-13-27-19-24(29-20(2)23(27)28)11-15-26(16-12-24)14-10-21-8-7-9-22(17-21)18-25;/h3-9,13,17,20H,1,10-12,14-16,19H2,2H3;1H/b5-4-,13-6+;. The fraction of sp³-hybridized carbons (Fsp3) is 0.417. The monoisotopic (exact) mass is 427 g/mol. The highest BCUT2D eigenvalue weighted by atomic mass is 35.5. The Kier molecular flexibility index (Phi) is 8.86. The van der Waals surface area contributed by atoms with E-state index >= 15 is 0 Å². The Hall–Kier alpha value is -2.39. The number of hydrogen-bond acceptors (Lipinski definition) is 4. The molecule has 0 saturated carbocycles. The Morgan fingerprint density at radius 1 is 1.30 bits per heavy atom. The molecule has 0 aliphatic carbocycles. The molecule has 0 bridgehead atoms. The van der Waals surface area contributed by atoms with Crippen molar-refractivity contribution in [1.82, 2.24) is 9.80 Å². The quantitative estimate of drug-likeness (QED) is 0.647. The number of ether oxygens (including phenoxy) is 1. The van der Waals surface area contributed by atoms with E-state index in [0.717, 1.165) is 38.9 Å². The molecule has 1 unspecified atom stereocenters. The number of rotatable bonds is 6. The lowest BCUT2D eigenvalue weighted by Gasteiger charge is -2.48. The van der Waals surface area contributed by atoms with Crippen LogP contribution in [0.1, 0.15) is 30.9 Å². The average molecular weight is 428 g/mol. The third-order valence-corrected chi connectivity index (χ3v) is 5.68. The normalized spacial score (nSPS) is 21.7. The number of nitrogens with zero attached hydrogens (tertiary/aromatic N) is 3. The fourth-order valence-corrected chi connectivity index (χ4v) is 4.05. The van der Waals surface area contributed by atoms with Crippen molar-refractivity contribution in [2.75, 3.05) is 26.2 Å². The fourth-order valence-electron chi connectivity index (χ4n) is 4.05. The van der Waals surface area contributed by atoms with Crippen LogP contribution in [-0.4, -0.2) is 53.6 Å².